The Hall–Kier alpha value is -0.430. The molecule has 1 saturated carbocycles. The number of nitrogens with zero attached hydrogens (tertiary/aromatic N) is 1. The minimum Gasteiger partial charge on any atom is -0.383 e. The number of methoxy groups -OCH3 is 1. The number of benzene rings is 1. The minimum absolute atomic E-state index is 0.0124. The van der Waals surface area contributed by atoms with Crippen LogP contribution in [0.4, 0.5) is 0 Å². The van der Waals surface area contributed by atoms with Gasteiger partial charge in [0, 0.05) is 24.2 Å². The Balaban J connectivity index is 2.35. The summed E-state index contributed by atoms with van der Waals surface area (Å²) in [6.07, 6.45) is 2.21. The molecule has 1 unspecified atom stereocenters. The third kappa shape index (κ3) is 3.86. The van der Waals surface area contributed by atoms with Crippen molar-refractivity contribution in [2.24, 2.45) is 5.92 Å². The smallest absolute Gasteiger partial charge is 0.244 e. The minimum atomic E-state index is -3.52. The maximum atomic E-state index is 13.0. The Kier molecular flexibility index (Phi) is 5.46. The van der Waals surface area contributed by atoms with Crippen molar-refractivity contribution in [2.45, 2.75) is 37.6 Å². The zero-order valence-electron chi connectivity index (χ0n) is 12.7. The van der Waals surface area contributed by atoms with Crippen LogP contribution in [0.25, 0.3) is 0 Å². The van der Waals surface area contributed by atoms with E-state index < -0.39 is 10.0 Å². The third-order valence-electron chi connectivity index (χ3n) is 3.95. The van der Waals surface area contributed by atoms with Crippen LogP contribution in [0.1, 0.15) is 25.3 Å². The van der Waals surface area contributed by atoms with Crippen LogP contribution in [0, 0.1) is 12.8 Å². The number of ether oxygens (including phenoxy) is 1. The van der Waals surface area contributed by atoms with Gasteiger partial charge in [-0.25, -0.2) is 8.42 Å². The standard InChI is InChI=1S/C15H22BrNO3S/c1-11-4-7-15(14(16)10-11)21(18,19)17(8-9-20-3)12(2)13-5-6-13/h4,7,10,12-13H,5-6,8-9H2,1-3H3. The molecule has 0 saturated heterocycles. The summed E-state index contributed by atoms with van der Waals surface area (Å²) in [5.41, 5.74) is 1.03. The van der Waals surface area contributed by atoms with Crippen molar-refractivity contribution >= 4 is 26.0 Å². The highest BCUT2D eigenvalue weighted by Crippen LogP contribution is 2.38. The predicted octanol–water partition coefficient (Wildman–Crippen LogP) is 3.19. The van der Waals surface area contributed by atoms with E-state index in [9.17, 15) is 8.42 Å². The number of hydrogen-bond acceptors (Lipinski definition) is 3. The zero-order valence-corrected chi connectivity index (χ0v) is 15.1. The second kappa shape index (κ2) is 6.77. The fourth-order valence-electron chi connectivity index (χ4n) is 2.48. The molecule has 6 heteroatoms. The topological polar surface area (TPSA) is 46.6 Å². The Labute approximate surface area is 135 Å². The second-order valence-electron chi connectivity index (χ2n) is 5.62. The van der Waals surface area contributed by atoms with Gasteiger partial charge < -0.3 is 4.74 Å². The van der Waals surface area contributed by atoms with Gasteiger partial charge >= 0.3 is 0 Å². The van der Waals surface area contributed by atoms with Gasteiger partial charge in [-0.2, -0.15) is 4.31 Å². The first kappa shape index (κ1) is 16.9. The molecule has 1 aromatic carbocycles. The van der Waals surface area contributed by atoms with Crippen molar-refractivity contribution in [3.8, 4) is 0 Å². The molecule has 0 bridgehead atoms. The summed E-state index contributed by atoms with van der Waals surface area (Å²) in [6.45, 7) is 4.72. The summed E-state index contributed by atoms with van der Waals surface area (Å²) in [6, 6.07) is 5.35. The number of aryl methyl sites for hydroxylation is 1. The molecule has 118 valence electrons. The normalized spacial score (nSPS) is 17.2. The maximum Gasteiger partial charge on any atom is 0.244 e. The summed E-state index contributed by atoms with van der Waals surface area (Å²) in [5.74, 6) is 0.473. The average molecular weight is 376 g/mol. The molecule has 1 aromatic rings. The molecule has 0 spiro atoms. The van der Waals surface area contributed by atoms with Crippen LogP contribution in [0.5, 0.6) is 0 Å². The predicted molar refractivity (Wildman–Crippen MR) is 86.8 cm³/mol. The van der Waals surface area contributed by atoms with Gasteiger partial charge in [-0.05, 0) is 66.2 Å². The van der Waals surface area contributed by atoms with Crippen LogP contribution < -0.4 is 0 Å². The van der Waals surface area contributed by atoms with E-state index in [1.807, 2.05) is 26.0 Å². The van der Waals surface area contributed by atoms with Gasteiger partial charge in [-0.3, -0.25) is 0 Å². The summed E-state index contributed by atoms with van der Waals surface area (Å²) in [5, 5.41) is 0. The summed E-state index contributed by atoms with van der Waals surface area (Å²) >= 11 is 3.38. The Morgan fingerprint density at radius 2 is 2.10 bits per heavy atom. The van der Waals surface area contributed by atoms with Crippen LogP contribution in [-0.4, -0.2) is 39.0 Å². The average Bonchev–Trinajstić information content (AvgIpc) is 3.22. The molecule has 4 nitrogen and oxygen atoms in total. The largest absolute Gasteiger partial charge is 0.383 e. The van der Waals surface area contributed by atoms with E-state index in [1.54, 1.807) is 17.5 Å². The van der Waals surface area contributed by atoms with E-state index in [-0.39, 0.29) is 6.04 Å². The van der Waals surface area contributed by atoms with E-state index in [0.717, 1.165) is 18.4 Å². The van der Waals surface area contributed by atoms with Gasteiger partial charge in [0.05, 0.1) is 11.5 Å². The van der Waals surface area contributed by atoms with E-state index in [0.29, 0.717) is 28.4 Å². The first-order valence-electron chi connectivity index (χ1n) is 7.15. The Morgan fingerprint density at radius 3 is 2.62 bits per heavy atom. The molecule has 2 rings (SSSR count). The maximum absolute atomic E-state index is 13.0. The second-order valence-corrected chi connectivity index (χ2v) is 8.33. The first-order chi connectivity index (χ1) is 9.87. The van der Waals surface area contributed by atoms with Crippen molar-refractivity contribution in [1.82, 2.24) is 4.31 Å². The molecule has 0 aliphatic heterocycles. The highest BCUT2D eigenvalue weighted by Gasteiger charge is 2.38. The third-order valence-corrected chi connectivity index (χ3v) is 6.91. The highest BCUT2D eigenvalue weighted by atomic mass is 79.9. The molecule has 1 fully saturated rings. The van der Waals surface area contributed by atoms with Gasteiger partial charge in [-0.15, -0.1) is 0 Å². The van der Waals surface area contributed by atoms with Crippen molar-refractivity contribution in [1.29, 1.82) is 0 Å². The summed E-state index contributed by atoms with van der Waals surface area (Å²) in [4.78, 5) is 0.330. The van der Waals surface area contributed by atoms with Crippen molar-refractivity contribution < 1.29 is 13.2 Å². The van der Waals surface area contributed by atoms with E-state index >= 15 is 0 Å². The van der Waals surface area contributed by atoms with Crippen molar-refractivity contribution in [3.05, 3.63) is 28.2 Å². The fourth-order valence-corrected chi connectivity index (χ4v) is 5.31. The molecule has 1 aliphatic carbocycles. The van der Waals surface area contributed by atoms with Gasteiger partial charge in [0.25, 0.3) is 0 Å². The molecular weight excluding hydrogens is 354 g/mol. The lowest BCUT2D eigenvalue weighted by Crippen LogP contribution is -2.42. The van der Waals surface area contributed by atoms with Gasteiger partial charge in [-0.1, -0.05) is 6.07 Å². The number of sulfonamides is 1. The fraction of sp³-hybridized carbons (Fsp3) is 0.600. The van der Waals surface area contributed by atoms with Crippen LogP contribution in [0.2, 0.25) is 0 Å². The molecule has 0 amide bonds. The molecule has 0 N–H and O–H groups in total. The highest BCUT2D eigenvalue weighted by molar-refractivity contribution is 9.10. The number of halogens is 1. The van der Waals surface area contributed by atoms with Crippen LogP contribution in [-0.2, 0) is 14.8 Å². The Bertz CT molecular complexity index is 599. The Morgan fingerprint density at radius 1 is 1.43 bits per heavy atom. The summed E-state index contributed by atoms with van der Waals surface area (Å²) < 4.78 is 33.3. The molecule has 0 aromatic heterocycles. The molecule has 0 heterocycles. The molecule has 1 aliphatic rings. The quantitative estimate of drug-likeness (QED) is 0.734. The summed E-state index contributed by atoms with van der Waals surface area (Å²) in [7, 11) is -1.93. The molecule has 1 atom stereocenters. The lowest BCUT2D eigenvalue weighted by molar-refractivity contribution is 0.164. The van der Waals surface area contributed by atoms with Gasteiger partial charge in [0.15, 0.2) is 0 Å². The number of rotatable bonds is 7. The van der Waals surface area contributed by atoms with Crippen LogP contribution in [0.3, 0.4) is 0 Å². The first-order valence-corrected chi connectivity index (χ1v) is 9.38. The van der Waals surface area contributed by atoms with Gasteiger partial charge in [0.2, 0.25) is 10.0 Å². The van der Waals surface area contributed by atoms with Crippen molar-refractivity contribution in [2.75, 3.05) is 20.3 Å². The van der Waals surface area contributed by atoms with Crippen molar-refractivity contribution in [3.63, 3.8) is 0 Å². The van der Waals surface area contributed by atoms with E-state index in [4.69, 9.17) is 4.74 Å². The molecule has 0 radical (unpaired) electrons. The van der Waals surface area contributed by atoms with E-state index in [1.165, 1.54) is 0 Å². The lowest BCUT2D eigenvalue weighted by atomic mass is 10.2. The zero-order chi connectivity index (χ0) is 15.6. The van der Waals surface area contributed by atoms with Crippen LogP contribution >= 0.6 is 15.9 Å². The van der Waals surface area contributed by atoms with Gasteiger partial charge in [0.1, 0.15) is 0 Å². The lowest BCUT2D eigenvalue weighted by Gasteiger charge is -2.28. The van der Waals surface area contributed by atoms with E-state index in [2.05, 4.69) is 15.9 Å². The SMILES string of the molecule is COCCN(C(C)C1CC1)S(=O)(=O)c1ccc(C)cc1Br. The van der Waals surface area contributed by atoms with Crippen LogP contribution in [0.15, 0.2) is 27.6 Å². The molecule has 21 heavy (non-hydrogen) atoms. The monoisotopic (exact) mass is 375 g/mol. The number of hydrogen-bond donors (Lipinski definition) is 0. The molecular formula is C15H22BrNO3S.